The standard InChI is InChI=1S/C26H27N3O3/c30-20-10-6-18(7-11-20)15-23-26(32)29-16-24(19-8-12-21(31)13-9-19)27-22(25(29)28-23)14-17-4-2-1-3-5-17/h6-13,16-17,30-32H,1-5,14-15H2. The number of benzene rings is 2. The first-order chi connectivity index (χ1) is 15.6. The quantitative estimate of drug-likeness (QED) is 0.404. The summed E-state index contributed by atoms with van der Waals surface area (Å²) in [6.45, 7) is 0. The van der Waals surface area contributed by atoms with Crippen LogP contribution in [0.4, 0.5) is 0 Å². The molecule has 0 saturated heterocycles. The van der Waals surface area contributed by atoms with Crippen LogP contribution in [0.3, 0.4) is 0 Å². The number of rotatable bonds is 5. The summed E-state index contributed by atoms with van der Waals surface area (Å²) >= 11 is 0. The van der Waals surface area contributed by atoms with Crippen LogP contribution in [-0.2, 0) is 12.8 Å². The molecule has 0 atom stereocenters. The summed E-state index contributed by atoms with van der Waals surface area (Å²) in [6.07, 6.45) is 9.32. The zero-order valence-electron chi connectivity index (χ0n) is 17.9. The first-order valence-electron chi connectivity index (χ1n) is 11.2. The molecule has 0 amide bonds. The number of aromatic nitrogens is 3. The molecule has 1 aliphatic carbocycles. The van der Waals surface area contributed by atoms with Gasteiger partial charge in [0.15, 0.2) is 5.65 Å². The van der Waals surface area contributed by atoms with Crippen LogP contribution in [0, 0.1) is 5.92 Å². The number of hydrogen-bond donors (Lipinski definition) is 3. The molecule has 6 nitrogen and oxygen atoms in total. The first-order valence-corrected chi connectivity index (χ1v) is 11.2. The highest BCUT2D eigenvalue weighted by atomic mass is 16.3. The van der Waals surface area contributed by atoms with Gasteiger partial charge < -0.3 is 15.3 Å². The van der Waals surface area contributed by atoms with E-state index in [1.807, 2.05) is 30.5 Å². The molecule has 6 heteroatoms. The number of hydrogen-bond acceptors (Lipinski definition) is 5. The molecule has 1 saturated carbocycles. The minimum atomic E-state index is 0.111. The van der Waals surface area contributed by atoms with E-state index in [0.29, 0.717) is 23.7 Å². The maximum Gasteiger partial charge on any atom is 0.219 e. The summed E-state index contributed by atoms with van der Waals surface area (Å²) < 4.78 is 1.74. The van der Waals surface area contributed by atoms with Crippen LogP contribution in [0.15, 0.2) is 54.7 Å². The maximum atomic E-state index is 11.0. The molecule has 3 N–H and O–H groups in total. The van der Waals surface area contributed by atoms with E-state index in [4.69, 9.17) is 9.97 Å². The van der Waals surface area contributed by atoms with Crippen LogP contribution in [-0.4, -0.2) is 29.7 Å². The van der Waals surface area contributed by atoms with Gasteiger partial charge in [0.25, 0.3) is 0 Å². The fraction of sp³-hybridized carbons (Fsp3) is 0.308. The van der Waals surface area contributed by atoms with E-state index >= 15 is 0 Å². The molecule has 0 unspecified atom stereocenters. The maximum absolute atomic E-state index is 11.0. The molecule has 164 valence electrons. The minimum absolute atomic E-state index is 0.111. The molecule has 1 aliphatic rings. The Morgan fingerprint density at radius 3 is 2.12 bits per heavy atom. The van der Waals surface area contributed by atoms with E-state index in [-0.39, 0.29) is 17.4 Å². The Bertz CT molecular complexity index is 1220. The van der Waals surface area contributed by atoms with Gasteiger partial charge in [0.1, 0.15) is 17.2 Å². The Balaban J connectivity index is 1.58. The highest BCUT2D eigenvalue weighted by molar-refractivity contribution is 5.63. The minimum Gasteiger partial charge on any atom is -0.508 e. The fourth-order valence-electron chi connectivity index (χ4n) is 4.64. The second-order valence-electron chi connectivity index (χ2n) is 8.75. The van der Waals surface area contributed by atoms with Gasteiger partial charge >= 0.3 is 0 Å². The molecular weight excluding hydrogens is 402 g/mol. The van der Waals surface area contributed by atoms with Gasteiger partial charge in [-0.3, -0.25) is 4.40 Å². The highest BCUT2D eigenvalue weighted by Crippen LogP contribution is 2.32. The Labute approximate surface area is 186 Å². The third-order valence-electron chi connectivity index (χ3n) is 6.40. The number of aromatic hydroxyl groups is 3. The van der Waals surface area contributed by atoms with Crippen molar-refractivity contribution in [3.05, 3.63) is 71.7 Å². The molecule has 5 rings (SSSR count). The number of nitrogens with zero attached hydrogens (tertiary/aromatic N) is 3. The third-order valence-corrected chi connectivity index (χ3v) is 6.40. The topological polar surface area (TPSA) is 90.9 Å². The average molecular weight is 430 g/mol. The van der Waals surface area contributed by atoms with Gasteiger partial charge in [0.05, 0.1) is 11.4 Å². The Hall–Kier alpha value is -3.54. The van der Waals surface area contributed by atoms with Crippen molar-refractivity contribution < 1.29 is 15.3 Å². The number of phenols is 2. The van der Waals surface area contributed by atoms with Crippen LogP contribution in [0.2, 0.25) is 0 Å². The highest BCUT2D eigenvalue weighted by Gasteiger charge is 2.21. The van der Waals surface area contributed by atoms with Crippen molar-refractivity contribution in [1.29, 1.82) is 0 Å². The van der Waals surface area contributed by atoms with Gasteiger partial charge in [0, 0.05) is 18.2 Å². The van der Waals surface area contributed by atoms with E-state index in [0.717, 1.165) is 28.9 Å². The molecule has 0 spiro atoms. The largest absolute Gasteiger partial charge is 0.508 e. The van der Waals surface area contributed by atoms with E-state index < -0.39 is 0 Å². The van der Waals surface area contributed by atoms with Crippen LogP contribution < -0.4 is 0 Å². The zero-order valence-corrected chi connectivity index (χ0v) is 17.9. The molecule has 0 radical (unpaired) electrons. The van der Waals surface area contributed by atoms with E-state index in [1.165, 1.54) is 32.1 Å². The van der Waals surface area contributed by atoms with Crippen LogP contribution in [0.25, 0.3) is 16.9 Å². The van der Waals surface area contributed by atoms with Gasteiger partial charge in [-0.25, -0.2) is 9.97 Å². The van der Waals surface area contributed by atoms with Crippen LogP contribution in [0.1, 0.15) is 49.1 Å². The molecule has 2 aromatic heterocycles. The van der Waals surface area contributed by atoms with E-state index in [1.54, 1.807) is 28.7 Å². The van der Waals surface area contributed by atoms with Crippen molar-refractivity contribution in [2.45, 2.75) is 44.9 Å². The van der Waals surface area contributed by atoms with Crippen LogP contribution in [0.5, 0.6) is 17.4 Å². The molecule has 2 aromatic carbocycles. The third kappa shape index (κ3) is 4.13. The summed E-state index contributed by atoms with van der Waals surface area (Å²) in [5.74, 6) is 1.11. The lowest BCUT2D eigenvalue weighted by molar-refractivity contribution is 0.354. The monoisotopic (exact) mass is 429 g/mol. The van der Waals surface area contributed by atoms with E-state index in [2.05, 4.69) is 0 Å². The number of phenolic OH excluding ortho intramolecular Hbond substituents is 2. The summed E-state index contributed by atoms with van der Waals surface area (Å²) in [6, 6.07) is 13.9. The average Bonchev–Trinajstić information content (AvgIpc) is 3.12. The van der Waals surface area contributed by atoms with Crippen molar-refractivity contribution in [2.24, 2.45) is 5.92 Å². The molecule has 32 heavy (non-hydrogen) atoms. The number of fused-ring (bicyclic) bond motifs is 1. The van der Waals surface area contributed by atoms with Crippen molar-refractivity contribution in [1.82, 2.24) is 14.4 Å². The molecule has 0 aliphatic heterocycles. The fourth-order valence-corrected chi connectivity index (χ4v) is 4.64. The van der Waals surface area contributed by atoms with Gasteiger partial charge in [-0.2, -0.15) is 0 Å². The lowest BCUT2D eigenvalue weighted by Gasteiger charge is -2.21. The van der Waals surface area contributed by atoms with Crippen molar-refractivity contribution >= 4 is 5.65 Å². The Morgan fingerprint density at radius 1 is 0.781 bits per heavy atom. The molecule has 4 aromatic rings. The summed E-state index contributed by atoms with van der Waals surface area (Å²) in [7, 11) is 0. The second kappa shape index (κ2) is 8.54. The lowest BCUT2D eigenvalue weighted by Crippen LogP contribution is -2.12. The van der Waals surface area contributed by atoms with Crippen molar-refractivity contribution in [3.8, 4) is 28.6 Å². The summed E-state index contributed by atoms with van der Waals surface area (Å²) in [4.78, 5) is 9.75. The van der Waals surface area contributed by atoms with Gasteiger partial charge in [0.2, 0.25) is 5.88 Å². The molecule has 0 bridgehead atoms. The molecular formula is C26H27N3O3. The van der Waals surface area contributed by atoms with Crippen LogP contribution >= 0.6 is 0 Å². The van der Waals surface area contributed by atoms with Crippen molar-refractivity contribution in [3.63, 3.8) is 0 Å². The Kier molecular flexibility index (Phi) is 5.43. The van der Waals surface area contributed by atoms with Crippen molar-refractivity contribution in [2.75, 3.05) is 0 Å². The summed E-state index contributed by atoms with van der Waals surface area (Å²) in [5, 5.41) is 30.2. The molecule has 2 heterocycles. The number of imidazole rings is 1. The smallest absolute Gasteiger partial charge is 0.219 e. The SMILES string of the molecule is Oc1ccc(Cc2nc3c(CC4CCCCC4)nc(-c4ccc(O)cc4)cn3c2O)cc1. The normalized spacial score (nSPS) is 14.8. The lowest BCUT2D eigenvalue weighted by atomic mass is 9.86. The predicted molar refractivity (Wildman–Crippen MR) is 123 cm³/mol. The van der Waals surface area contributed by atoms with Gasteiger partial charge in [-0.1, -0.05) is 44.2 Å². The summed E-state index contributed by atoms with van der Waals surface area (Å²) in [5.41, 5.74) is 4.77. The van der Waals surface area contributed by atoms with E-state index in [9.17, 15) is 15.3 Å². The van der Waals surface area contributed by atoms with Gasteiger partial charge in [-0.05, 0) is 54.3 Å². The predicted octanol–water partition coefficient (Wildman–Crippen LogP) is 5.23. The second-order valence-corrected chi connectivity index (χ2v) is 8.75. The first kappa shape index (κ1) is 20.4. The molecule has 1 fully saturated rings. The Morgan fingerprint density at radius 2 is 1.44 bits per heavy atom. The van der Waals surface area contributed by atoms with Gasteiger partial charge in [-0.15, -0.1) is 0 Å². The zero-order chi connectivity index (χ0) is 22.1.